The normalized spacial score (nSPS) is 17.6. The fraction of sp³-hybridized carbons (Fsp3) is 0.500. The van der Waals surface area contributed by atoms with Crippen LogP contribution in [0.4, 0.5) is 0 Å². The molecule has 0 saturated heterocycles. The topological polar surface area (TPSA) is 29.1 Å². The summed E-state index contributed by atoms with van der Waals surface area (Å²) in [4.78, 5) is 11.5. The zero-order chi connectivity index (χ0) is 12.5. The van der Waals surface area contributed by atoms with Gasteiger partial charge in [0.1, 0.15) is 5.88 Å². The Bertz CT molecular complexity index is 409. The first-order valence-electron chi connectivity index (χ1n) is 5.94. The Morgan fingerprint density at radius 1 is 1.35 bits per heavy atom. The Labute approximate surface area is 107 Å². The average molecular weight is 252 g/mol. The van der Waals surface area contributed by atoms with Gasteiger partial charge in [-0.3, -0.25) is 4.79 Å². The molecule has 0 radical (unpaired) electrons. The van der Waals surface area contributed by atoms with Gasteiger partial charge in [-0.05, 0) is 18.4 Å². The van der Waals surface area contributed by atoms with Gasteiger partial charge in [-0.25, -0.2) is 0 Å². The average Bonchev–Trinajstić information content (AvgIpc) is 3.11. The van der Waals surface area contributed by atoms with Crippen LogP contribution in [0.3, 0.4) is 0 Å². The highest BCUT2D eigenvalue weighted by molar-refractivity contribution is 6.27. The highest BCUT2D eigenvalue weighted by atomic mass is 35.5. The van der Waals surface area contributed by atoms with E-state index >= 15 is 0 Å². The van der Waals surface area contributed by atoms with Crippen molar-refractivity contribution in [2.45, 2.75) is 37.6 Å². The zero-order valence-electron chi connectivity index (χ0n) is 10.3. The summed E-state index contributed by atoms with van der Waals surface area (Å²) in [6.45, 7) is 4.37. The molecule has 0 atom stereocenters. The molecule has 3 heteroatoms. The lowest BCUT2D eigenvalue weighted by molar-refractivity contribution is -0.120. The number of nitrogens with one attached hydrogen (secondary N) is 1. The molecule has 92 valence electrons. The molecule has 1 saturated carbocycles. The maximum absolute atomic E-state index is 11.5. The first-order valence-corrected chi connectivity index (χ1v) is 6.48. The molecule has 0 unspecified atom stereocenters. The predicted molar refractivity (Wildman–Crippen MR) is 70.3 cm³/mol. The number of carbonyl (C=O) groups is 1. The van der Waals surface area contributed by atoms with Gasteiger partial charge in [0.05, 0.1) is 0 Å². The fourth-order valence-corrected chi connectivity index (χ4v) is 2.53. The maximum Gasteiger partial charge on any atom is 0.235 e. The number of hydrogen-bond donors (Lipinski definition) is 1. The Hall–Kier alpha value is -1.02. The van der Waals surface area contributed by atoms with Crippen molar-refractivity contribution in [1.29, 1.82) is 0 Å². The summed E-state index contributed by atoms with van der Waals surface area (Å²) >= 11 is 5.57. The van der Waals surface area contributed by atoms with Crippen LogP contribution in [0, 0.1) is 0 Å². The molecule has 2 nitrogen and oxygen atoms in total. The third-order valence-electron chi connectivity index (χ3n) is 3.94. The third-order valence-corrected chi connectivity index (χ3v) is 4.18. The van der Waals surface area contributed by atoms with Gasteiger partial charge in [0, 0.05) is 11.0 Å². The quantitative estimate of drug-likeness (QED) is 0.820. The Morgan fingerprint density at radius 3 is 2.41 bits per heavy atom. The van der Waals surface area contributed by atoms with Gasteiger partial charge >= 0.3 is 0 Å². The van der Waals surface area contributed by atoms with Gasteiger partial charge in [-0.15, -0.1) is 11.6 Å². The van der Waals surface area contributed by atoms with E-state index in [1.165, 1.54) is 5.56 Å². The van der Waals surface area contributed by atoms with Gasteiger partial charge in [0.15, 0.2) is 0 Å². The molecule has 1 amide bonds. The molecule has 1 aliphatic carbocycles. The van der Waals surface area contributed by atoms with E-state index in [4.69, 9.17) is 11.6 Å². The van der Waals surface area contributed by atoms with E-state index in [1.807, 2.05) is 18.2 Å². The lowest BCUT2D eigenvalue weighted by Gasteiger charge is -2.36. The van der Waals surface area contributed by atoms with Crippen molar-refractivity contribution in [3.8, 4) is 0 Å². The minimum Gasteiger partial charge on any atom is -0.349 e. The number of rotatable bonds is 4. The third kappa shape index (κ3) is 2.19. The van der Waals surface area contributed by atoms with Gasteiger partial charge in [-0.1, -0.05) is 44.2 Å². The van der Waals surface area contributed by atoms with Gasteiger partial charge in [0.2, 0.25) is 5.91 Å². The summed E-state index contributed by atoms with van der Waals surface area (Å²) in [5.74, 6) is -0.0414. The van der Waals surface area contributed by atoms with Gasteiger partial charge in [-0.2, -0.15) is 0 Å². The number of carbonyl (C=O) groups excluding carboxylic acids is 1. The Morgan fingerprint density at radius 2 is 1.94 bits per heavy atom. The van der Waals surface area contributed by atoms with Gasteiger partial charge in [0.25, 0.3) is 0 Å². The van der Waals surface area contributed by atoms with Crippen LogP contribution in [0.5, 0.6) is 0 Å². The van der Waals surface area contributed by atoms with Crippen molar-refractivity contribution in [2.75, 3.05) is 5.88 Å². The molecule has 1 fully saturated rings. The summed E-state index contributed by atoms with van der Waals surface area (Å²) in [7, 11) is 0. The van der Waals surface area contributed by atoms with Gasteiger partial charge < -0.3 is 5.32 Å². The largest absolute Gasteiger partial charge is 0.349 e. The van der Waals surface area contributed by atoms with E-state index in [0.717, 1.165) is 12.8 Å². The molecule has 0 aliphatic heterocycles. The Balaban J connectivity index is 2.24. The molecule has 0 spiro atoms. The van der Waals surface area contributed by atoms with E-state index in [0.29, 0.717) is 0 Å². The molecule has 0 bridgehead atoms. The minimum atomic E-state index is -0.111. The maximum atomic E-state index is 11.5. The number of alkyl halides is 1. The highest BCUT2D eigenvalue weighted by Crippen LogP contribution is 2.51. The molecule has 1 aliphatic rings. The van der Waals surface area contributed by atoms with Crippen LogP contribution in [-0.2, 0) is 10.2 Å². The number of benzene rings is 1. The Kier molecular flexibility index (Phi) is 3.17. The second-order valence-corrected chi connectivity index (χ2v) is 5.52. The van der Waals surface area contributed by atoms with Crippen molar-refractivity contribution in [1.82, 2.24) is 5.32 Å². The lowest BCUT2D eigenvalue weighted by Crippen LogP contribution is -2.50. The van der Waals surface area contributed by atoms with Crippen molar-refractivity contribution in [3.05, 3.63) is 35.9 Å². The number of hydrogen-bond acceptors (Lipinski definition) is 1. The first-order chi connectivity index (χ1) is 8.02. The summed E-state index contributed by atoms with van der Waals surface area (Å²) in [6, 6.07) is 10.3. The van der Waals surface area contributed by atoms with Crippen LogP contribution < -0.4 is 5.32 Å². The molecule has 1 N–H and O–H groups in total. The second kappa shape index (κ2) is 4.34. The highest BCUT2D eigenvalue weighted by Gasteiger charge is 2.55. The SMILES string of the molecule is CC(C)(c1ccccc1)C1(NC(=O)CCl)CC1. The molecule has 0 heterocycles. The summed E-state index contributed by atoms with van der Waals surface area (Å²) in [6.07, 6.45) is 2.05. The van der Waals surface area contributed by atoms with E-state index < -0.39 is 0 Å². The lowest BCUT2D eigenvalue weighted by atomic mass is 9.75. The van der Waals surface area contributed by atoms with E-state index in [9.17, 15) is 4.79 Å². The van der Waals surface area contributed by atoms with E-state index in [-0.39, 0.29) is 22.7 Å². The molecule has 1 aromatic carbocycles. The summed E-state index contributed by atoms with van der Waals surface area (Å²) in [5.41, 5.74) is 1.09. The molecule has 17 heavy (non-hydrogen) atoms. The minimum absolute atomic E-state index is 0.0343. The molecular weight excluding hydrogens is 234 g/mol. The summed E-state index contributed by atoms with van der Waals surface area (Å²) in [5, 5.41) is 3.08. The monoisotopic (exact) mass is 251 g/mol. The zero-order valence-corrected chi connectivity index (χ0v) is 11.1. The van der Waals surface area contributed by atoms with Crippen LogP contribution in [0.1, 0.15) is 32.3 Å². The molecule has 0 aromatic heterocycles. The predicted octanol–water partition coefficient (Wildman–Crippen LogP) is 2.85. The molecule has 1 aromatic rings. The van der Waals surface area contributed by atoms with Crippen LogP contribution in [0.25, 0.3) is 0 Å². The first kappa shape index (κ1) is 12.4. The number of amides is 1. The van der Waals surface area contributed by atoms with E-state index in [1.54, 1.807) is 0 Å². The second-order valence-electron chi connectivity index (χ2n) is 5.25. The van der Waals surface area contributed by atoms with Crippen molar-refractivity contribution >= 4 is 17.5 Å². The van der Waals surface area contributed by atoms with Crippen LogP contribution >= 0.6 is 11.6 Å². The van der Waals surface area contributed by atoms with Crippen LogP contribution in [0.15, 0.2) is 30.3 Å². The smallest absolute Gasteiger partial charge is 0.235 e. The molecular formula is C14H18ClNO. The van der Waals surface area contributed by atoms with E-state index in [2.05, 4.69) is 31.3 Å². The van der Waals surface area contributed by atoms with Crippen LogP contribution in [-0.4, -0.2) is 17.3 Å². The molecule has 2 rings (SSSR count). The number of halogens is 1. The van der Waals surface area contributed by atoms with Crippen molar-refractivity contribution in [2.24, 2.45) is 0 Å². The van der Waals surface area contributed by atoms with Crippen molar-refractivity contribution < 1.29 is 4.79 Å². The standard InChI is InChI=1S/C14H18ClNO/c1-13(2,11-6-4-3-5-7-11)14(8-9-14)16-12(17)10-15/h3-7H,8-10H2,1-2H3,(H,16,17). The van der Waals surface area contributed by atoms with Crippen LogP contribution in [0.2, 0.25) is 0 Å². The fourth-order valence-electron chi connectivity index (χ4n) is 2.46. The van der Waals surface area contributed by atoms with Crippen molar-refractivity contribution in [3.63, 3.8) is 0 Å². The summed E-state index contributed by atoms with van der Waals surface area (Å²) < 4.78 is 0.